The van der Waals surface area contributed by atoms with Crippen LogP contribution in [0.5, 0.6) is 0 Å². The number of hydrogen-bond acceptors (Lipinski definition) is 2. The molecule has 1 atom stereocenters. The van der Waals surface area contributed by atoms with E-state index in [1.165, 1.54) is 0 Å². The molecular formula is C12H17NO2. The molecule has 0 bridgehead atoms. The third kappa shape index (κ3) is 3.72. The number of carbonyl (C=O) groups is 1. The highest BCUT2D eigenvalue weighted by molar-refractivity contribution is 5.94. The van der Waals surface area contributed by atoms with Crippen LogP contribution >= 0.6 is 0 Å². The van der Waals surface area contributed by atoms with Crippen LogP contribution in [-0.4, -0.2) is 25.7 Å². The van der Waals surface area contributed by atoms with Crippen LogP contribution in [-0.2, 0) is 4.74 Å². The first kappa shape index (κ1) is 11.7. The van der Waals surface area contributed by atoms with Gasteiger partial charge in [0, 0.05) is 12.7 Å². The number of methoxy groups -OCH3 is 1. The molecule has 0 spiro atoms. The van der Waals surface area contributed by atoms with E-state index in [-0.39, 0.29) is 11.9 Å². The van der Waals surface area contributed by atoms with E-state index in [1.807, 2.05) is 25.1 Å². The Kier molecular flexibility index (Phi) is 4.84. The fourth-order valence-electron chi connectivity index (χ4n) is 1.32. The second-order valence-electron chi connectivity index (χ2n) is 3.40. The van der Waals surface area contributed by atoms with Crippen LogP contribution in [0, 0.1) is 0 Å². The molecule has 15 heavy (non-hydrogen) atoms. The Morgan fingerprint density at radius 3 is 2.60 bits per heavy atom. The van der Waals surface area contributed by atoms with Crippen LogP contribution in [0.2, 0.25) is 0 Å². The van der Waals surface area contributed by atoms with Gasteiger partial charge in [-0.05, 0) is 18.6 Å². The fraction of sp³-hybridized carbons (Fsp3) is 0.417. The van der Waals surface area contributed by atoms with Crippen molar-refractivity contribution < 1.29 is 9.53 Å². The van der Waals surface area contributed by atoms with Crippen molar-refractivity contribution in [3.05, 3.63) is 35.9 Å². The van der Waals surface area contributed by atoms with Gasteiger partial charge in [-0.3, -0.25) is 4.79 Å². The second kappa shape index (κ2) is 6.19. The van der Waals surface area contributed by atoms with Crippen molar-refractivity contribution >= 4 is 5.91 Å². The maximum atomic E-state index is 11.7. The minimum absolute atomic E-state index is 0.0421. The standard InChI is InChI=1S/C12H17NO2/c1-3-11(9-15-2)13-12(14)10-7-5-4-6-8-10/h4-8,11H,3,9H2,1-2H3,(H,13,14). The monoisotopic (exact) mass is 207 g/mol. The van der Waals surface area contributed by atoms with Gasteiger partial charge in [0.15, 0.2) is 0 Å². The van der Waals surface area contributed by atoms with Crippen molar-refractivity contribution in [3.8, 4) is 0 Å². The average molecular weight is 207 g/mol. The van der Waals surface area contributed by atoms with Gasteiger partial charge in [-0.15, -0.1) is 0 Å². The zero-order valence-electron chi connectivity index (χ0n) is 9.19. The first-order valence-corrected chi connectivity index (χ1v) is 5.12. The Balaban J connectivity index is 2.55. The molecule has 0 aliphatic rings. The summed E-state index contributed by atoms with van der Waals surface area (Å²) in [5, 5.41) is 2.92. The summed E-state index contributed by atoms with van der Waals surface area (Å²) in [6.07, 6.45) is 0.867. The van der Waals surface area contributed by atoms with Crippen LogP contribution < -0.4 is 5.32 Å². The van der Waals surface area contributed by atoms with Gasteiger partial charge in [0.1, 0.15) is 0 Å². The average Bonchev–Trinajstić information content (AvgIpc) is 2.29. The van der Waals surface area contributed by atoms with Gasteiger partial charge in [0.05, 0.1) is 12.6 Å². The molecule has 0 fully saturated rings. The third-order valence-corrected chi connectivity index (χ3v) is 2.23. The molecule has 1 aromatic carbocycles. The van der Waals surface area contributed by atoms with E-state index in [4.69, 9.17) is 4.74 Å². The molecule has 3 nitrogen and oxygen atoms in total. The molecule has 0 aliphatic carbocycles. The van der Waals surface area contributed by atoms with E-state index in [2.05, 4.69) is 5.32 Å². The summed E-state index contributed by atoms with van der Waals surface area (Å²) in [6.45, 7) is 2.57. The summed E-state index contributed by atoms with van der Waals surface area (Å²) in [6, 6.07) is 9.29. The van der Waals surface area contributed by atoms with Gasteiger partial charge in [-0.25, -0.2) is 0 Å². The normalized spacial score (nSPS) is 12.1. The molecular weight excluding hydrogens is 190 g/mol. The van der Waals surface area contributed by atoms with Crippen molar-refractivity contribution in [2.45, 2.75) is 19.4 Å². The third-order valence-electron chi connectivity index (χ3n) is 2.23. The van der Waals surface area contributed by atoms with Crippen molar-refractivity contribution in [2.24, 2.45) is 0 Å². The number of carbonyl (C=O) groups excluding carboxylic acids is 1. The minimum Gasteiger partial charge on any atom is -0.383 e. The maximum absolute atomic E-state index is 11.7. The van der Waals surface area contributed by atoms with E-state index in [0.29, 0.717) is 12.2 Å². The zero-order chi connectivity index (χ0) is 11.1. The Bertz CT molecular complexity index is 298. The lowest BCUT2D eigenvalue weighted by atomic mass is 10.2. The molecule has 1 N–H and O–H groups in total. The highest BCUT2D eigenvalue weighted by Crippen LogP contribution is 2.00. The summed E-state index contributed by atoms with van der Waals surface area (Å²) < 4.78 is 5.02. The van der Waals surface area contributed by atoms with E-state index in [0.717, 1.165) is 6.42 Å². The molecule has 0 saturated carbocycles. The van der Waals surface area contributed by atoms with Crippen molar-refractivity contribution in [3.63, 3.8) is 0 Å². The largest absolute Gasteiger partial charge is 0.383 e. The summed E-state index contributed by atoms with van der Waals surface area (Å²) in [5.41, 5.74) is 0.687. The predicted molar refractivity (Wildman–Crippen MR) is 59.9 cm³/mol. The Morgan fingerprint density at radius 2 is 2.07 bits per heavy atom. The number of hydrogen-bond donors (Lipinski definition) is 1. The van der Waals surface area contributed by atoms with E-state index in [9.17, 15) is 4.79 Å². The molecule has 0 saturated heterocycles. The Labute approximate surface area is 90.4 Å². The number of benzene rings is 1. The van der Waals surface area contributed by atoms with E-state index < -0.39 is 0 Å². The van der Waals surface area contributed by atoms with Gasteiger partial charge in [0.2, 0.25) is 0 Å². The summed E-state index contributed by atoms with van der Waals surface area (Å²) >= 11 is 0. The Hall–Kier alpha value is -1.35. The lowest BCUT2D eigenvalue weighted by molar-refractivity contribution is 0.0894. The number of ether oxygens (including phenoxy) is 1. The smallest absolute Gasteiger partial charge is 0.251 e. The van der Waals surface area contributed by atoms with Crippen LogP contribution in [0.3, 0.4) is 0 Å². The highest BCUT2D eigenvalue weighted by Gasteiger charge is 2.10. The predicted octanol–water partition coefficient (Wildman–Crippen LogP) is 1.84. The molecule has 82 valence electrons. The summed E-state index contributed by atoms with van der Waals surface area (Å²) in [5.74, 6) is -0.0421. The highest BCUT2D eigenvalue weighted by atomic mass is 16.5. The first-order valence-electron chi connectivity index (χ1n) is 5.12. The lowest BCUT2D eigenvalue weighted by Gasteiger charge is -2.15. The van der Waals surface area contributed by atoms with Crippen LogP contribution in [0.25, 0.3) is 0 Å². The second-order valence-corrected chi connectivity index (χ2v) is 3.40. The Morgan fingerprint density at radius 1 is 1.40 bits per heavy atom. The van der Waals surface area contributed by atoms with Crippen LogP contribution in [0.4, 0.5) is 0 Å². The SMILES string of the molecule is CCC(COC)NC(=O)c1ccccc1. The zero-order valence-corrected chi connectivity index (χ0v) is 9.19. The first-order chi connectivity index (χ1) is 7.27. The van der Waals surface area contributed by atoms with Gasteiger partial charge < -0.3 is 10.1 Å². The summed E-state index contributed by atoms with van der Waals surface area (Å²) in [7, 11) is 1.64. The van der Waals surface area contributed by atoms with Crippen LogP contribution in [0.15, 0.2) is 30.3 Å². The van der Waals surface area contributed by atoms with Gasteiger partial charge in [0.25, 0.3) is 5.91 Å². The number of nitrogens with one attached hydrogen (secondary N) is 1. The van der Waals surface area contributed by atoms with E-state index >= 15 is 0 Å². The molecule has 1 unspecified atom stereocenters. The molecule has 0 heterocycles. The number of rotatable bonds is 5. The number of amides is 1. The molecule has 1 amide bonds. The van der Waals surface area contributed by atoms with Gasteiger partial charge >= 0.3 is 0 Å². The lowest BCUT2D eigenvalue weighted by Crippen LogP contribution is -2.37. The minimum atomic E-state index is -0.0421. The topological polar surface area (TPSA) is 38.3 Å². The molecule has 1 rings (SSSR count). The molecule has 1 aromatic rings. The van der Waals surface area contributed by atoms with Crippen molar-refractivity contribution in [1.82, 2.24) is 5.32 Å². The summed E-state index contributed by atoms with van der Waals surface area (Å²) in [4.78, 5) is 11.7. The quantitative estimate of drug-likeness (QED) is 0.800. The maximum Gasteiger partial charge on any atom is 0.251 e. The fourth-order valence-corrected chi connectivity index (χ4v) is 1.32. The molecule has 0 radical (unpaired) electrons. The van der Waals surface area contributed by atoms with Crippen LogP contribution in [0.1, 0.15) is 23.7 Å². The molecule has 3 heteroatoms. The van der Waals surface area contributed by atoms with Crippen molar-refractivity contribution in [2.75, 3.05) is 13.7 Å². The van der Waals surface area contributed by atoms with Gasteiger partial charge in [-0.1, -0.05) is 25.1 Å². The van der Waals surface area contributed by atoms with E-state index in [1.54, 1.807) is 19.2 Å². The van der Waals surface area contributed by atoms with Gasteiger partial charge in [-0.2, -0.15) is 0 Å². The molecule has 0 aromatic heterocycles. The van der Waals surface area contributed by atoms with Crippen molar-refractivity contribution in [1.29, 1.82) is 0 Å². The molecule has 0 aliphatic heterocycles.